The lowest BCUT2D eigenvalue weighted by Crippen LogP contribution is -2.50. The van der Waals surface area contributed by atoms with Crippen molar-refractivity contribution in [1.82, 2.24) is 9.88 Å². The number of para-hydroxylation sites is 1. The number of carbonyl (C=O) groups is 2. The monoisotopic (exact) mass is 368 g/mol. The Morgan fingerprint density at radius 3 is 2.89 bits per heavy atom. The van der Waals surface area contributed by atoms with E-state index in [0.29, 0.717) is 17.9 Å². The Morgan fingerprint density at radius 1 is 1.37 bits per heavy atom. The molecular weight excluding hydrogens is 344 g/mol. The van der Waals surface area contributed by atoms with Gasteiger partial charge in [0.1, 0.15) is 6.04 Å². The van der Waals surface area contributed by atoms with E-state index in [-0.39, 0.29) is 18.4 Å². The molecule has 0 fully saturated rings. The first-order chi connectivity index (χ1) is 13.0. The van der Waals surface area contributed by atoms with Crippen molar-refractivity contribution < 1.29 is 14.7 Å². The molecule has 0 spiro atoms. The largest absolute Gasteiger partial charge is 0.390 e. The van der Waals surface area contributed by atoms with E-state index in [1.807, 2.05) is 38.1 Å². The van der Waals surface area contributed by atoms with Gasteiger partial charge < -0.3 is 20.6 Å². The molecule has 0 unspecified atom stereocenters. The van der Waals surface area contributed by atoms with Crippen LogP contribution in [-0.4, -0.2) is 33.0 Å². The number of amides is 3. The molecule has 3 amide bonds. The number of benzene rings is 1. The Kier molecular flexibility index (Phi) is 5.71. The maximum atomic E-state index is 13.1. The van der Waals surface area contributed by atoms with Gasteiger partial charge in [-0.25, -0.2) is 4.79 Å². The summed E-state index contributed by atoms with van der Waals surface area (Å²) >= 11 is 0. The molecule has 0 saturated heterocycles. The molecule has 2 aromatic rings. The number of hydrogen-bond acceptors (Lipinski definition) is 4. The van der Waals surface area contributed by atoms with Crippen LogP contribution in [0.2, 0.25) is 0 Å². The maximum absolute atomic E-state index is 13.1. The fourth-order valence-corrected chi connectivity index (χ4v) is 3.26. The third-order valence-corrected chi connectivity index (χ3v) is 4.95. The number of carbonyl (C=O) groups excluding carboxylic acids is 2. The van der Waals surface area contributed by atoms with E-state index in [4.69, 9.17) is 0 Å². The van der Waals surface area contributed by atoms with Gasteiger partial charge in [-0.1, -0.05) is 38.5 Å². The number of urea groups is 1. The first-order valence-electron chi connectivity index (χ1n) is 9.06. The summed E-state index contributed by atoms with van der Waals surface area (Å²) in [5.41, 5.74) is 2.42. The van der Waals surface area contributed by atoms with Crippen LogP contribution in [0.15, 0.2) is 42.6 Å². The zero-order valence-corrected chi connectivity index (χ0v) is 15.5. The predicted octanol–water partition coefficient (Wildman–Crippen LogP) is 2.97. The number of aromatic nitrogens is 1. The van der Waals surface area contributed by atoms with Crippen LogP contribution in [0.3, 0.4) is 0 Å². The quantitative estimate of drug-likeness (QED) is 0.773. The highest BCUT2D eigenvalue weighted by Crippen LogP contribution is 2.28. The molecule has 1 aliphatic rings. The lowest BCUT2D eigenvalue weighted by atomic mass is 9.97. The Labute approximate surface area is 158 Å². The maximum Gasteiger partial charge on any atom is 0.322 e. The van der Waals surface area contributed by atoms with Gasteiger partial charge in [0.05, 0.1) is 24.5 Å². The number of nitrogens with one attached hydrogen (secondary N) is 2. The molecule has 0 radical (unpaired) electrons. The van der Waals surface area contributed by atoms with Crippen LogP contribution in [0.1, 0.15) is 31.5 Å². The molecule has 1 aliphatic heterocycles. The second kappa shape index (κ2) is 8.18. The van der Waals surface area contributed by atoms with Crippen molar-refractivity contribution in [1.29, 1.82) is 0 Å². The van der Waals surface area contributed by atoms with Crippen molar-refractivity contribution in [2.45, 2.75) is 39.5 Å². The molecule has 2 atom stereocenters. The van der Waals surface area contributed by atoms with E-state index in [1.54, 1.807) is 23.2 Å². The normalized spacial score (nSPS) is 17.5. The number of rotatable bonds is 4. The molecule has 142 valence electrons. The molecule has 7 heteroatoms. The number of pyridine rings is 1. The lowest BCUT2D eigenvalue weighted by molar-refractivity contribution is -0.121. The molecule has 7 nitrogen and oxygen atoms in total. The van der Waals surface area contributed by atoms with Crippen LogP contribution in [0.5, 0.6) is 0 Å². The number of aliphatic hydroxyl groups is 1. The van der Waals surface area contributed by atoms with Gasteiger partial charge in [-0.3, -0.25) is 9.78 Å². The van der Waals surface area contributed by atoms with Crippen LogP contribution in [-0.2, 0) is 17.9 Å². The first-order valence-corrected chi connectivity index (χ1v) is 9.06. The van der Waals surface area contributed by atoms with E-state index < -0.39 is 12.1 Å². The molecule has 1 aromatic heterocycles. The summed E-state index contributed by atoms with van der Waals surface area (Å²) in [6.07, 6.45) is 2.31. The van der Waals surface area contributed by atoms with Gasteiger partial charge in [0.15, 0.2) is 0 Å². The Bertz CT molecular complexity index is 839. The van der Waals surface area contributed by atoms with Crippen LogP contribution in [0, 0.1) is 5.92 Å². The van der Waals surface area contributed by atoms with Gasteiger partial charge in [-0.2, -0.15) is 0 Å². The average molecular weight is 368 g/mol. The Morgan fingerprint density at radius 2 is 2.15 bits per heavy atom. The number of aliphatic hydroxyl groups excluding tert-OH is 1. The molecule has 0 bridgehead atoms. The van der Waals surface area contributed by atoms with Gasteiger partial charge in [-0.15, -0.1) is 0 Å². The van der Waals surface area contributed by atoms with Crippen molar-refractivity contribution >= 4 is 23.3 Å². The lowest BCUT2D eigenvalue weighted by Gasteiger charge is -2.32. The topological polar surface area (TPSA) is 94.6 Å². The molecule has 3 rings (SSSR count). The molecule has 27 heavy (non-hydrogen) atoms. The zero-order chi connectivity index (χ0) is 19.4. The van der Waals surface area contributed by atoms with E-state index >= 15 is 0 Å². The smallest absolute Gasteiger partial charge is 0.322 e. The number of nitrogens with zero attached hydrogens (tertiary/aromatic N) is 2. The average Bonchev–Trinajstić information content (AvgIpc) is 2.83. The van der Waals surface area contributed by atoms with E-state index in [0.717, 1.165) is 17.7 Å². The summed E-state index contributed by atoms with van der Waals surface area (Å²) in [6, 6.07) is 9.86. The molecule has 1 aromatic carbocycles. The minimum Gasteiger partial charge on any atom is -0.390 e. The standard InChI is InChI=1S/C20H24N4O3/c1-3-13(2)18-19(26)22-15-8-5-4-7-14(15)11-24(18)20(27)23-16-9-6-10-21-17(16)12-25/h4-10,13,18,25H,3,11-12H2,1-2H3,(H,22,26)(H,23,27)/t13-,18-/m0/s1. The third kappa shape index (κ3) is 3.93. The fraction of sp³-hybridized carbons (Fsp3) is 0.350. The molecule has 2 heterocycles. The van der Waals surface area contributed by atoms with E-state index in [9.17, 15) is 14.7 Å². The minimum atomic E-state index is -0.600. The summed E-state index contributed by atoms with van der Waals surface area (Å²) in [6.45, 7) is 3.99. The van der Waals surface area contributed by atoms with Crippen LogP contribution < -0.4 is 10.6 Å². The number of fused-ring (bicyclic) bond motifs is 1. The molecule has 0 aliphatic carbocycles. The van der Waals surface area contributed by atoms with Crippen LogP contribution in [0.25, 0.3) is 0 Å². The summed E-state index contributed by atoms with van der Waals surface area (Å²) in [5.74, 6) is -0.214. The van der Waals surface area contributed by atoms with Gasteiger partial charge in [-0.05, 0) is 29.7 Å². The highest BCUT2D eigenvalue weighted by molar-refractivity contribution is 6.01. The first kappa shape index (κ1) is 18.8. The van der Waals surface area contributed by atoms with Gasteiger partial charge in [0.25, 0.3) is 0 Å². The minimum absolute atomic E-state index is 0.0173. The van der Waals surface area contributed by atoms with Crippen molar-refractivity contribution in [3.05, 3.63) is 53.9 Å². The molecule has 3 N–H and O–H groups in total. The van der Waals surface area contributed by atoms with Gasteiger partial charge >= 0.3 is 6.03 Å². The summed E-state index contributed by atoms with van der Waals surface area (Å²) in [4.78, 5) is 31.6. The Hall–Kier alpha value is -2.93. The summed E-state index contributed by atoms with van der Waals surface area (Å²) in [7, 11) is 0. The van der Waals surface area contributed by atoms with Crippen LogP contribution >= 0.6 is 0 Å². The van der Waals surface area contributed by atoms with Crippen molar-refractivity contribution in [2.24, 2.45) is 5.92 Å². The van der Waals surface area contributed by atoms with Crippen molar-refractivity contribution in [3.8, 4) is 0 Å². The van der Waals surface area contributed by atoms with E-state index in [1.165, 1.54) is 0 Å². The number of hydrogen-bond donors (Lipinski definition) is 3. The second-order valence-electron chi connectivity index (χ2n) is 6.69. The van der Waals surface area contributed by atoms with Crippen LogP contribution in [0.4, 0.5) is 16.2 Å². The Balaban J connectivity index is 1.95. The van der Waals surface area contributed by atoms with Crippen molar-refractivity contribution in [2.75, 3.05) is 10.6 Å². The van der Waals surface area contributed by atoms with E-state index in [2.05, 4.69) is 15.6 Å². The highest BCUT2D eigenvalue weighted by Gasteiger charge is 2.36. The fourth-order valence-electron chi connectivity index (χ4n) is 3.26. The second-order valence-corrected chi connectivity index (χ2v) is 6.69. The number of anilines is 2. The molecular formula is C20H24N4O3. The summed E-state index contributed by atoms with van der Waals surface area (Å²) < 4.78 is 0. The summed E-state index contributed by atoms with van der Waals surface area (Å²) in [5, 5.41) is 15.2. The zero-order valence-electron chi connectivity index (χ0n) is 15.5. The molecule has 0 saturated carbocycles. The SMILES string of the molecule is CC[C@H](C)[C@H]1C(=O)Nc2ccccc2CN1C(=O)Nc1cccnc1CO. The predicted molar refractivity (Wildman–Crippen MR) is 103 cm³/mol. The highest BCUT2D eigenvalue weighted by atomic mass is 16.3. The van der Waals surface area contributed by atoms with Crippen molar-refractivity contribution in [3.63, 3.8) is 0 Å². The van der Waals surface area contributed by atoms with Gasteiger partial charge in [0, 0.05) is 11.9 Å². The third-order valence-electron chi connectivity index (χ3n) is 4.95. The van der Waals surface area contributed by atoms with Gasteiger partial charge in [0.2, 0.25) is 5.91 Å².